The molecule has 1 radical (unpaired) electrons. The SMILES string of the molecule is C=[C]c1cc(OC(F)(F)F)ccc1C(C)C. The Labute approximate surface area is 92.5 Å². The van der Waals surface area contributed by atoms with Crippen LogP contribution in [0.1, 0.15) is 30.9 Å². The number of ether oxygens (including phenoxy) is 1. The van der Waals surface area contributed by atoms with Gasteiger partial charge in [0.15, 0.2) is 0 Å². The predicted molar refractivity (Wildman–Crippen MR) is 55.2 cm³/mol. The summed E-state index contributed by atoms with van der Waals surface area (Å²) in [6.07, 6.45) is -2.06. The molecule has 16 heavy (non-hydrogen) atoms. The smallest absolute Gasteiger partial charge is 0.406 e. The molecule has 0 aliphatic carbocycles. The Morgan fingerprint density at radius 1 is 1.31 bits per heavy atom. The van der Waals surface area contributed by atoms with Crippen LogP contribution in [0.2, 0.25) is 0 Å². The van der Waals surface area contributed by atoms with E-state index in [2.05, 4.69) is 17.4 Å². The van der Waals surface area contributed by atoms with Crippen LogP contribution in [-0.2, 0) is 0 Å². The lowest BCUT2D eigenvalue weighted by Gasteiger charge is -2.13. The summed E-state index contributed by atoms with van der Waals surface area (Å²) in [4.78, 5) is 0. The van der Waals surface area contributed by atoms with Gasteiger partial charge >= 0.3 is 6.36 Å². The van der Waals surface area contributed by atoms with Gasteiger partial charge in [-0.1, -0.05) is 26.5 Å². The van der Waals surface area contributed by atoms with Gasteiger partial charge in [-0.25, -0.2) is 0 Å². The second-order valence-electron chi connectivity index (χ2n) is 3.63. The van der Waals surface area contributed by atoms with Crippen molar-refractivity contribution in [3.05, 3.63) is 42.0 Å². The Morgan fingerprint density at radius 3 is 2.38 bits per heavy atom. The molecule has 0 saturated carbocycles. The van der Waals surface area contributed by atoms with Crippen LogP contribution in [0, 0.1) is 6.08 Å². The molecule has 0 fully saturated rings. The highest BCUT2D eigenvalue weighted by Crippen LogP contribution is 2.28. The maximum Gasteiger partial charge on any atom is 0.573 e. The molecule has 0 amide bonds. The second kappa shape index (κ2) is 4.60. The molecular weight excluding hydrogens is 217 g/mol. The molecule has 0 saturated heterocycles. The van der Waals surface area contributed by atoms with Crippen LogP contribution in [0.5, 0.6) is 5.75 Å². The molecule has 0 bridgehead atoms. The Morgan fingerprint density at radius 2 is 1.94 bits per heavy atom. The zero-order valence-corrected chi connectivity index (χ0v) is 9.06. The average Bonchev–Trinajstić information content (AvgIpc) is 2.14. The molecule has 1 aromatic rings. The van der Waals surface area contributed by atoms with Crippen LogP contribution in [0.3, 0.4) is 0 Å². The number of hydrogen-bond acceptors (Lipinski definition) is 1. The standard InChI is InChI=1S/C12H12F3O/c1-4-9-7-10(16-12(13,14)15)5-6-11(9)8(2)3/h5-8H,1H2,2-3H3. The van der Waals surface area contributed by atoms with Crippen LogP contribution in [0.25, 0.3) is 0 Å². The van der Waals surface area contributed by atoms with E-state index in [4.69, 9.17) is 0 Å². The maximum absolute atomic E-state index is 12.0. The molecule has 87 valence electrons. The van der Waals surface area contributed by atoms with Crippen molar-refractivity contribution in [2.45, 2.75) is 26.1 Å². The highest BCUT2D eigenvalue weighted by atomic mass is 19.4. The quantitative estimate of drug-likeness (QED) is 0.759. The zero-order chi connectivity index (χ0) is 12.3. The fourth-order valence-corrected chi connectivity index (χ4v) is 1.39. The third-order valence-electron chi connectivity index (χ3n) is 2.07. The third kappa shape index (κ3) is 3.29. The van der Waals surface area contributed by atoms with Crippen LogP contribution in [0.15, 0.2) is 24.8 Å². The monoisotopic (exact) mass is 229 g/mol. The van der Waals surface area contributed by atoms with E-state index in [1.165, 1.54) is 12.1 Å². The van der Waals surface area contributed by atoms with E-state index < -0.39 is 6.36 Å². The lowest BCUT2D eigenvalue weighted by Crippen LogP contribution is -2.17. The second-order valence-corrected chi connectivity index (χ2v) is 3.63. The van der Waals surface area contributed by atoms with Crippen molar-refractivity contribution in [2.75, 3.05) is 0 Å². The first kappa shape index (κ1) is 12.6. The fraction of sp³-hybridized carbons (Fsp3) is 0.333. The van der Waals surface area contributed by atoms with Gasteiger partial charge in [0.1, 0.15) is 5.75 Å². The van der Waals surface area contributed by atoms with Gasteiger partial charge in [0, 0.05) is 0 Å². The van der Waals surface area contributed by atoms with Crippen LogP contribution < -0.4 is 4.74 Å². The summed E-state index contributed by atoms with van der Waals surface area (Å²) < 4.78 is 39.7. The van der Waals surface area contributed by atoms with Crippen molar-refractivity contribution in [1.82, 2.24) is 0 Å². The molecule has 0 aliphatic rings. The van der Waals surface area contributed by atoms with Gasteiger partial charge in [-0.15, -0.1) is 13.2 Å². The van der Waals surface area contributed by atoms with Gasteiger partial charge in [0.25, 0.3) is 0 Å². The fourth-order valence-electron chi connectivity index (χ4n) is 1.39. The molecule has 0 heterocycles. The molecule has 1 aromatic carbocycles. The molecule has 0 N–H and O–H groups in total. The van der Waals surface area contributed by atoms with Gasteiger partial charge in [-0.3, -0.25) is 0 Å². The van der Waals surface area contributed by atoms with Crippen molar-refractivity contribution in [2.24, 2.45) is 0 Å². The van der Waals surface area contributed by atoms with Crippen molar-refractivity contribution < 1.29 is 17.9 Å². The van der Waals surface area contributed by atoms with Crippen molar-refractivity contribution >= 4 is 0 Å². The van der Waals surface area contributed by atoms with Gasteiger partial charge in [0.05, 0.1) is 0 Å². The lowest BCUT2D eigenvalue weighted by molar-refractivity contribution is -0.274. The maximum atomic E-state index is 12.0. The number of halogens is 3. The van der Waals surface area contributed by atoms with Crippen molar-refractivity contribution in [3.8, 4) is 5.75 Å². The summed E-state index contributed by atoms with van der Waals surface area (Å²) in [6, 6.07) is 4.18. The van der Waals surface area contributed by atoms with E-state index in [-0.39, 0.29) is 11.7 Å². The topological polar surface area (TPSA) is 9.23 Å². The summed E-state index contributed by atoms with van der Waals surface area (Å²) in [7, 11) is 0. The summed E-state index contributed by atoms with van der Waals surface area (Å²) in [5, 5.41) is 0. The first-order valence-corrected chi connectivity index (χ1v) is 4.76. The normalized spacial score (nSPS) is 11.6. The predicted octanol–water partition coefficient (Wildman–Crippen LogP) is 4.05. The zero-order valence-electron chi connectivity index (χ0n) is 9.06. The van der Waals surface area contributed by atoms with E-state index in [1.54, 1.807) is 6.07 Å². The minimum Gasteiger partial charge on any atom is -0.406 e. The van der Waals surface area contributed by atoms with Gasteiger partial charge in [0.2, 0.25) is 0 Å². The Hall–Kier alpha value is -1.45. The molecule has 0 unspecified atom stereocenters. The summed E-state index contributed by atoms with van der Waals surface area (Å²) in [6.45, 7) is 7.34. The first-order chi connectivity index (χ1) is 7.33. The molecule has 1 rings (SSSR count). The first-order valence-electron chi connectivity index (χ1n) is 4.76. The molecule has 0 aromatic heterocycles. The molecule has 0 spiro atoms. The van der Waals surface area contributed by atoms with Crippen molar-refractivity contribution in [1.29, 1.82) is 0 Å². The third-order valence-corrected chi connectivity index (χ3v) is 2.07. The molecule has 0 aliphatic heterocycles. The van der Waals surface area contributed by atoms with E-state index in [9.17, 15) is 13.2 Å². The number of alkyl halides is 3. The summed E-state index contributed by atoms with van der Waals surface area (Å²) in [5.74, 6) is -0.0489. The highest BCUT2D eigenvalue weighted by molar-refractivity contribution is 5.40. The van der Waals surface area contributed by atoms with E-state index >= 15 is 0 Å². The van der Waals surface area contributed by atoms with Crippen molar-refractivity contribution in [3.63, 3.8) is 0 Å². The van der Waals surface area contributed by atoms with Crippen LogP contribution >= 0.6 is 0 Å². The highest BCUT2D eigenvalue weighted by Gasteiger charge is 2.31. The Bertz CT molecular complexity index is 380. The molecule has 4 heteroatoms. The van der Waals surface area contributed by atoms with Crippen LogP contribution in [0.4, 0.5) is 13.2 Å². The number of rotatable bonds is 3. The number of benzene rings is 1. The van der Waals surface area contributed by atoms with Gasteiger partial charge in [-0.2, -0.15) is 0 Å². The van der Waals surface area contributed by atoms with Gasteiger partial charge < -0.3 is 4.74 Å². The number of hydrogen-bond donors (Lipinski definition) is 0. The molecule has 0 atom stereocenters. The average molecular weight is 229 g/mol. The summed E-state index contributed by atoms with van der Waals surface area (Å²) >= 11 is 0. The molecular formula is C12H12F3O. The minimum absolute atomic E-state index is 0.198. The Balaban J connectivity index is 3.05. The van der Waals surface area contributed by atoms with E-state index in [1.807, 2.05) is 13.8 Å². The minimum atomic E-state index is -4.67. The lowest BCUT2D eigenvalue weighted by atomic mass is 9.97. The Kier molecular flexibility index (Phi) is 3.62. The van der Waals surface area contributed by atoms with E-state index in [0.29, 0.717) is 5.56 Å². The molecule has 1 nitrogen and oxygen atoms in total. The summed E-state index contributed by atoms with van der Waals surface area (Å²) in [5.41, 5.74) is 1.43. The van der Waals surface area contributed by atoms with Crippen LogP contribution in [-0.4, -0.2) is 6.36 Å². The van der Waals surface area contributed by atoms with E-state index in [0.717, 1.165) is 5.56 Å². The van der Waals surface area contributed by atoms with Gasteiger partial charge in [-0.05, 0) is 35.3 Å². The largest absolute Gasteiger partial charge is 0.573 e.